The quantitative estimate of drug-likeness (QED) is 0.626. The van der Waals surface area contributed by atoms with E-state index in [-0.39, 0.29) is 29.9 Å². The van der Waals surface area contributed by atoms with Crippen LogP contribution < -0.4 is 10.6 Å². The smallest absolute Gasteiger partial charge is 0.405 e. The van der Waals surface area contributed by atoms with E-state index in [1.54, 1.807) is 6.26 Å². The molecule has 0 unspecified atom stereocenters. The molecule has 1 saturated heterocycles. The number of amides is 2. The van der Waals surface area contributed by atoms with E-state index in [4.69, 9.17) is 9.84 Å². The van der Waals surface area contributed by atoms with Gasteiger partial charge in [0.25, 0.3) is 0 Å². The van der Waals surface area contributed by atoms with Crippen molar-refractivity contribution in [3.63, 3.8) is 0 Å². The number of esters is 1. The van der Waals surface area contributed by atoms with Crippen LogP contribution in [0.2, 0.25) is 0 Å². The summed E-state index contributed by atoms with van der Waals surface area (Å²) in [4.78, 5) is 34.4. The van der Waals surface area contributed by atoms with Crippen molar-refractivity contribution in [2.45, 2.75) is 37.5 Å². The van der Waals surface area contributed by atoms with E-state index in [9.17, 15) is 14.4 Å². The van der Waals surface area contributed by atoms with Crippen molar-refractivity contribution in [1.82, 2.24) is 10.6 Å². The third kappa shape index (κ3) is 3.36. The molecule has 1 heterocycles. The Hall–Kier alpha value is -1.44. The van der Waals surface area contributed by atoms with Gasteiger partial charge in [0.1, 0.15) is 12.1 Å². The Morgan fingerprint density at radius 3 is 2.90 bits per heavy atom. The zero-order valence-corrected chi connectivity index (χ0v) is 11.9. The molecular formula is C12H18N2O5S. The van der Waals surface area contributed by atoms with Gasteiger partial charge in [0.2, 0.25) is 5.91 Å². The number of fused-ring (bicyclic) bond motifs is 2. The van der Waals surface area contributed by atoms with Crippen molar-refractivity contribution >= 4 is 29.7 Å². The highest BCUT2D eigenvalue weighted by Crippen LogP contribution is 2.34. The third-order valence-electron chi connectivity index (χ3n) is 3.66. The molecule has 0 radical (unpaired) electrons. The molecular weight excluding hydrogens is 284 g/mol. The van der Waals surface area contributed by atoms with Crippen LogP contribution in [0.25, 0.3) is 0 Å². The Morgan fingerprint density at radius 2 is 2.25 bits per heavy atom. The summed E-state index contributed by atoms with van der Waals surface area (Å²) in [7, 11) is 0. The van der Waals surface area contributed by atoms with Crippen LogP contribution in [0.4, 0.5) is 4.79 Å². The van der Waals surface area contributed by atoms with Gasteiger partial charge in [0.15, 0.2) is 0 Å². The van der Waals surface area contributed by atoms with E-state index in [1.807, 2.05) is 0 Å². The Balaban J connectivity index is 1.95. The van der Waals surface area contributed by atoms with E-state index >= 15 is 0 Å². The summed E-state index contributed by atoms with van der Waals surface area (Å²) in [5.74, 6) is -0.587. The molecule has 3 N–H and O–H groups in total. The predicted molar refractivity (Wildman–Crippen MR) is 72.5 cm³/mol. The number of hydrogen-bond acceptors (Lipinski definition) is 5. The second kappa shape index (κ2) is 6.34. The molecule has 0 aromatic heterocycles. The standard InChI is InChI=1S/C12H18N2O5S/c1-20-5-9(14-12(17)18)10(15)13-8-3-2-6-4-7(8)11(16)19-6/h6-9,14H,2-5H2,1H3,(H,13,15)(H,17,18)/t6-,7+,8+,9+/m1/s1. The molecule has 20 heavy (non-hydrogen) atoms. The van der Waals surface area contributed by atoms with Crippen molar-refractivity contribution in [3.05, 3.63) is 0 Å². The molecule has 1 aliphatic carbocycles. The maximum absolute atomic E-state index is 12.1. The largest absolute Gasteiger partial charge is 0.465 e. The minimum atomic E-state index is -1.23. The highest BCUT2D eigenvalue weighted by molar-refractivity contribution is 7.98. The minimum absolute atomic E-state index is 0.0141. The Morgan fingerprint density at radius 1 is 1.50 bits per heavy atom. The summed E-state index contributed by atoms with van der Waals surface area (Å²) in [5, 5.41) is 13.7. The first-order valence-corrected chi connectivity index (χ1v) is 7.90. The fourth-order valence-corrected chi connectivity index (χ4v) is 3.27. The number of nitrogens with one attached hydrogen (secondary N) is 2. The van der Waals surface area contributed by atoms with Gasteiger partial charge in [-0.15, -0.1) is 0 Å². The van der Waals surface area contributed by atoms with Crippen LogP contribution >= 0.6 is 11.8 Å². The molecule has 1 saturated carbocycles. The number of hydrogen-bond donors (Lipinski definition) is 3. The number of ether oxygens (including phenoxy) is 1. The van der Waals surface area contributed by atoms with Crippen LogP contribution in [-0.4, -0.2) is 53.3 Å². The van der Waals surface area contributed by atoms with Gasteiger partial charge in [-0.2, -0.15) is 11.8 Å². The first-order valence-electron chi connectivity index (χ1n) is 6.50. The molecule has 8 heteroatoms. The summed E-state index contributed by atoms with van der Waals surface area (Å²) in [6.07, 6.45) is 2.62. The van der Waals surface area contributed by atoms with Crippen molar-refractivity contribution in [1.29, 1.82) is 0 Å². The molecule has 7 nitrogen and oxygen atoms in total. The molecule has 0 aromatic rings. The molecule has 2 bridgehead atoms. The maximum atomic E-state index is 12.1. The number of thioether (sulfide) groups is 1. The number of rotatable bonds is 5. The summed E-state index contributed by atoms with van der Waals surface area (Å²) in [6.45, 7) is 0. The highest BCUT2D eigenvalue weighted by Gasteiger charge is 2.44. The van der Waals surface area contributed by atoms with Crippen LogP contribution in [0.15, 0.2) is 0 Å². The molecule has 2 amide bonds. The first-order chi connectivity index (χ1) is 9.51. The molecule has 2 aliphatic rings. The van der Waals surface area contributed by atoms with Crippen LogP contribution in [0.5, 0.6) is 0 Å². The van der Waals surface area contributed by atoms with Crippen LogP contribution in [0.3, 0.4) is 0 Å². The van der Waals surface area contributed by atoms with Crippen LogP contribution in [0, 0.1) is 5.92 Å². The average Bonchev–Trinajstić information content (AvgIpc) is 2.68. The molecule has 112 valence electrons. The van der Waals surface area contributed by atoms with Gasteiger partial charge >= 0.3 is 12.1 Å². The predicted octanol–water partition coefficient (Wildman–Crippen LogP) is 0.196. The Kier molecular flexibility index (Phi) is 4.74. The fraction of sp³-hybridized carbons (Fsp3) is 0.750. The lowest BCUT2D eigenvalue weighted by Gasteiger charge is -2.27. The SMILES string of the molecule is CSC[C@H](NC(=O)O)C(=O)N[C@H]1CC[C@@H]2C[C@@H]1C(=O)O2. The topological polar surface area (TPSA) is 105 Å². The van der Waals surface area contributed by atoms with E-state index in [1.165, 1.54) is 11.8 Å². The molecule has 2 fully saturated rings. The van der Waals surface area contributed by atoms with Crippen molar-refractivity contribution in [2.75, 3.05) is 12.0 Å². The molecule has 4 atom stereocenters. The fourth-order valence-electron chi connectivity index (χ4n) is 2.71. The first kappa shape index (κ1) is 15.0. The Bertz CT molecular complexity index is 417. The van der Waals surface area contributed by atoms with Gasteiger partial charge in [0.05, 0.1) is 5.92 Å². The zero-order valence-electron chi connectivity index (χ0n) is 11.1. The van der Waals surface area contributed by atoms with Gasteiger partial charge in [-0.3, -0.25) is 9.59 Å². The second-order valence-electron chi connectivity index (χ2n) is 5.05. The van der Waals surface area contributed by atoms with Crippen LogP contribution in [-0.2, 0) is 14.3 Å². The summed E-state index contributed by atoms with van der Waals surface area (Å²) < 4.78 is 5.17. The van der Waals surface area contributed by atoms with Crippen molar-refractivity contribution < 1.29 is 24.2 Å². The molecule has 0 aromatic carbocycles. The summed E-state index contributed by atoms with van der Waals surface area (Å²) >= 11 is 1.38. The summed E-state index contributed by atoms with van der Waals surface area (Å²) in [6, 6.07) is -1.06. The maximum Gasteiger partial charge on any atom is 0.405 e. The summed E-state index contributed by atoms with van der Waals surface area (Å²) in [5.41, 5.74) is 0. The van der Waals surface area contributed by atoms with Crippen molar-refractivity contribution in [2.24, 2.45) is 5.92 Å². The van der Waals surface area contributed by atoms with E-state index < -0.39 is 12.1 Å². The van der Waals surface area contributed by atoms with E-state index in [2.05, 4.69) is 10.6 Å². The van der Waals surface area contributed by atoms with Gasteiger partial charge in [-0.1, -0.05) is 0 Å². The number of carbonyl (C=O) groups excluding carboxylic acids is 2. The second-order valence-corrected chi connectivity index (χ2v) is 5.96. The lowest BCUT2D eigenvalue weighted by Crippen LogP contribution is -2.53. The normalized spacial score (nSPS) is 29.4. The zero-order chi connectivity index (χ0) is 14.7. The van der Waals surface area contributed by atoms with Gasteiger partial charge in [0, 0.05) is 11.8 Å². The number of carbonyl (C=O) groups is 3. The van der Waals surface area contributed by atoms with Gasteiger partial charge in [-0.25, -0.2) is 4.79 Å². The molecule has 2 rings (SSSR count). The van der Waals surface area contributed by atoms with Gasteiger partial charge < -0.3 is 20.5 Å². The molecule has 0 spiro atoms. The monoisotopic (exact) mass is 302 g/mol. The van der Waals surface area contributed by atoms with Gasteiger partial charge in [-0.05, 0) is 25.5 Å². The average molecular weight is 302 g/mol. The van der Waals surface area contributed by atoms with Crippen LogP contribution in [0.1, 0.15) is 19.3 Å². The highest BCUT2D eigenvalue weighted by atomic mass is 32.2. The Labute approximate surface area is 120 Å². The number of carboxylic acid groups (broad SMARTS) is 1. The molecule has 1 aliphatic heterocycles. The lowest BCUT2D eigenvalue weighted by molar-refractivity contribution is -0.143. The van der Waals surface area contributed by atoms with E-state index in [0.717, 1.165) is 6.42 Å². The van der Waals surface area contributed by atoms with E-state index in [0.29, 0.717) is 18.6 Å². The minimum Gasteiger partial charge on any atom is -0.465 e. The third-order valence-corrected chi connectivity index (χ3v) is 4.33. The lowest BCUT2D eigenvalue weighted by atomic mass is 9.85. The van der Waals surface area contributed by atoms with Crippen molar-refractivity contribution in [3.8, 4) is 0 Å².